The van der Waals surface area contributed by atoms with E-state index in [0.717, 1.165) is 25.7 Å². The Morgan fingerprint density at radius 3 is 1.08 bits per heavy atom. The van der Waals surface area contributed by atoms with Crippen molar-refractivity contribution in [2.75, 3.05) is 6.61 Å². The maximum atomic E-state index is 11.9. The van der Waals surface area contributed by atoms with Crippen LogP contribution in [0.4, 0.5) is 0 Å². The van der Waals surface area contributed by atoms with Gasteiger partial charge in [0.15, 0.2) is 0 Å². The molecule has 220 valence electrons. The zero-order valence-corrected chi connectivity index (χ0v) is 24.9. The Morgan fingerprint density at radius 2 is 0.730 bits per heavy atom. The third kappa shape index (κ3) is 32.9. The highest BCUT2D eigenvalue weighted by Crippen LogP contribution is 2.15. The molecule has 1 N–H and O–H groups in total. The van der Waals surface area contributed by atoms with Crippen LogP contribution in [0.5, 0.6) is 0 Å². The number of esters is 1. The Balaban J connectivity index is 3.15. The molecule has 0 radical (unpaired) electrons. The van der Waals surface area contributed by atoms with Crippen molar-refractivity contribution in [3.63, 3.8) is 0 Å². The first-order valence-corrected chi connectivity index (χ1v) is 16.5. The van der Waals surface area contributed by atoms with Gasteiger partial charge in [-0.2, -0.15) is 0 Å². The summed E-state index contributed by atoms with van der Waals surface area (Å²) >= 11 is 0. The number of hydrogen-bond donors (Lipinski definition) is 1. The Kier molecular flexibility index (Phi) is 30.3. The second-order valence-corrected chi connectivity index (χ2v) is 11.3. The molecule has 0 rings (SSSR count). The predicted octanol–water partition coefficient (Wildman–Crippen LogP) is 10.9. The normalized spacial score (nSPS) is 11.2. The first kappa shape index (κ1) is 35.9. The summed E-state index contributed by atoms with van der Waals surface area (Å²) in [4.78, 5) is 22.3. The van der Waals surface area contributed by atoms with Crippen molar-refractivity contribution in [2.24, 2.45) is 0 Å². The molecule has 0 aliphatic carbocycles. The average Bonchev–Trinajstić information content (AvgIpc) is 2.88. The highest BCUT2D eigenvalue weighted by atomic mass is 16.5. The minimum atomic E-state index is -0.668. The lowest BCUT2D eigenvalue weighted by molar-refractivity contribution is -0.144. The third-order valence-corrected chi connectivity index (χ3v) is 7.53. The molecule has 0 aromatic carbocycles. The summed E-state index contributed by atoms with van der Waals surface area (Å²) in [7, 11) is 0. The summed E-state index contributed by atoms with van der Waals surface area (Å²) in [6.45, 7) is 2.88. The van der Waals surface area contributed by atoms with Gasteiger partial charge in [0.05, 0.1) is 6.61 Å². The van der Waals surface area contributed by atoms with Gasteiger partial charge in [-0.05, 0) is 19.3 Å². The number of carbonyl (C=O) groups is 2. The Morgan fingerprint density at radius 1 is 0.432 bits per heavy atom. The highest BCUT2D eigenvalue weighted by Gasteiger charge is 2.03. The van der Waals surface area contributed by atoms with E-state index >= 15 is 0 Å². The quantitative estimate of drug-likeness (QED) is 0.0723. The Hall–Kier alpha value is -1.06. The number of hydrogen-bond acceptors (Lipinski definition) is 3. The van der Waals surface area contributed by atoms with Gasteiger partial charge in [0.1, 0.15) is 0 Å². The van der Waals surface area contributed by atoms with Gasteiger partial charge in [0, 0.05) is 12.8 Å². The smallest absolute Gasteiger partial charge is 0.305 e. The lowest BCUT2D eigenvalue weighted by Crippen LogP contribution is -2.05. The fraction of sp³-hybridized carbons (Fsp3) is 0.939. The van der Waals surface area contributed by atoms with Gasteiger partial charge in [-0.15, -0.1) is 0 Å². The number of carboxylic acids is 1. The van der Waals surface area contributed by atoms with Crippen LogP contribution in [-0.4, -0.2) is 23.7 Å². The first-order valence-electron chi connectivity index (χ1n) is 16.5. The molecular formula is C33H64O4. The summed E-state index contributed by atoms with van der Waals surface area (Å²) in [5.41, 5.74) is 0. The molecule has 0 aromatic heterocycles. The summed E-state index contributed by atoms with van der Waals surface area (Å²) in [6.07, 6.45) is 35.3. The summed E-state index contributed by atoms with van der Waals surface area (Å²) < 4.78 is 5.41. The van der Waals surface area contributed by atoms with Crippen molar-refractivity contribution < 1.29 is 19.4 Å². The number of rotatable bonds is 31. The molecule has 0 aliphatic heterocycles. The molecule has 0 atom stereocenters. The Labute approximate surface area is 231 Å². The zero-order valence-electron chi connectivity index (χ0n) is 24.9. The molecule has 0 spiro atoms. The van der Waals surface area contributed by atoms with Gasteiger partial charge in [0.2, 0.25) is 0 Å². The van der Waals surface area contributed by atoms with E-state index in [1.54, 1.807) is 0 Å². The van der Waals surface area contributed by atoms with Crippen LogP contribution in [0.25, 0.3) is 0 Å². The monoisotopic (exact) mass is 524 g/mol. The molecule has 0 aliphatic rings. The van der Waals surface area contributed by atoms with Crippen molar-refractivity contribution in [2.45, 2.75) is 193 Å². The lowest BCUT2D eigenvalue weighted by atomic mass is 10.0. The average molecular weight is 525 g/mol. The summed E-state index contributed by atoms with van der Waals surface area (Å²) in [5, 5.41) is 8.61. The summed E-state index contributed by atoms with van der Waals surface area (Å²) in [5.74, 6) is -0.665. The zero-order chi connectivity index (χ0) is 27.1. The first-order chi connectivity index (χ1) is 18.2. The molecule has 0 heterocycles. The van der Waals surface area contributed by atoms with E-state index in [-0.39, 0.29) is 5.97 Å². The fourth-order valence-electron chi connectivity index (χ4n) is 5.04. The van der Waals surface area contributed by atoms with Crippen LogP contribution in [0, 0.1) is 0 Å². The number of carbonyl (C=O) groups excluding carboxylic acids is 1. The van der Waals surface area contributed by atoms with Crippen LogP contribution in [0.3, 0.4) is 0 Å². The third-order valence-electron chi connectivity index (χ3n) is 7.53. The van der Waals surface area contributed by atoms with Gasteiger partial charge in [-0.25, -0.2) is 0 Å². The number of carboxylic acid groups (broad SMARTS) is 1. The predicted molar refractivity (Wildman–Crippen MR) is 158 cm³/mol. The topological polar surface area (TPSA) is 63.6 Å². The van der Waals surface area contributed by atoms with Crippen molar-refractivity contribution >= 4 is 11.9 Å². The molecule has 0 amide bonds. The van der Waals surface area contributed by atoms with Crippen LogP contribution in [-0.2, 0) is 14.3 Å². The van der Waals surface area contributed by atoms with Crippen molar-refractivity contribution in [1.82, 2.24) is 0 Å². The molecule has 0 bridgehead atoms. The minimum absolute atomic E-state index is 0.00309. The van der Waals surface area contributed by atoms with E-state index in [0.29, 0.717) is 19.4 Å². The van der Waals surface area contributed by atoms with Crippen LogP contribution in [0.15, 0.2) is 0 Å². The van der Waals surface area contributed by atoms with E-state index in [2.05, 4.69) is 6.92 Å². The number of aliphatic carboxylic acids is 1. The van der Waals surface area contributed by atoms with Crippen LogP contribution in [0.2, 0.25) is 0 Å². The fourth-order valence-corrected chi connectivity index (χ4v) is 5.04. The van der Waals surface area contributed by atoms with Crippen molar-refractivity contribution in [1.29, 1.82) is 0 Å². The van der Waals surface area contributed by atoms with Crippen LogP contribution < -0.4 is 0 Å². The van der Waals surface area contributed by atoms with Crippen LogP contribution >= 0.6 is 0 Å². The molecule has 4 heteroatoms. The minimum Gasteiger partial charge on any atom is -0.481 e. The second kappa shape index (κ2) is 31.2. The van der Waals surface area contributed by atoms with Gasteiger partial charge in [0.25, 0.3) is 0 Å². The molecule has 0 aromatic rings. The van der Waals surface area contributed by atoms with E-state index in [1.807, 2.05) is 0 Å². The maximum absolute atomic E-state index is 11.9. The van der Waals surface area contributed by atoms with Gasteiger partial charge in [-0.1, -0.05) is 161 Å². The van der Waals surface area contributed by atoms with Gasteiger partial charge >= 0.3 is 11.9 Å². The van der Waals surface area contributed by atoms with Crippen molar-refractivity contribution in [3.8, 4) is 0 Å². The van der Waals surface area contributed by atoms with Gasteiger partial charge < -0.3 is 9.84 Å². The molecule has 0 saturated heterocycles. The van der Waals surface area contributed by atoms with E-state index < -0.39 is 5.97 Å². The standard InChI is InChI=1S/C33H64O4/c1-2-3-4-5-6-7-8-11-15-18-21-24-27-30-33(36)37-31-28-25-22-19-16-13-10-9-12-14-17-20-23-26-29-32(34)35/h2-31H2,1H3,(H,34,35). The number of ether oxygens (including phenoxy) is 1. The van der Waals surface area contributed by atoms with Crippen LogP contribution in [0.1, 0.15) is 193 Å². The molecule has 4 nitrogen and oxygen atoms in total. The second-order valence-electron chi connectivity index (χ2n) is 11.3. The molecule has 0 unspecified atom stereocenters. The van der Waals surface area contributed by atoms with Crippen molar-refractivity contribution in [3.05, 3.63) is 0 Å². The van der Waals surface area contributed by atoms with E-state index in [9.17, 15) is 9.59 Å². The lowest BCUT2D eigenvalue weighted by Gasteiger charge is -2.06. The molecular weight excluding hydrogens is 460 g/mol. The summed E-state index contributed by atoms with van der Waals surface area (Å²) in [6, 6.07) is 0. The van der Waals surface area contributed by atoms with Gasteiger partial charge in [-0.3, -0.25) is 9.59 Å². The number of unbranched alkanes of at least 4 members (excludes halogenated alkanes) is 25. The molecule has 0 saturated carbocycles. The SMILES string of the molecule is CCCCCCCCCCCCCCCC(=O)OCCCCCCCCCCCCCCCCC(=O)O. The Bertz CT molecular complexity index is 477. The molecule has 0 fully saturated rings. The van der Waals surface area contributed by atoms with E-state index in [4.69, 9.17) is 9.84 Å². The highest BCUT2D eigenvalue weighted by molar-refractivity contribution is 5.69. The van der Waals surface area contributed by atoms with E-state index in [1.165, 1.54) is 148 Å². The largest absolute Gasteiger partial charge is 0.481 e. The maximum Gasteiger partial charge on any atom is 0.305 e. The molecule has 37 heavy (non-hydrogen) atoms.